The van der Waals surface area contributed by atoms with Gasteiger partial charge in [-0.3, -0.25) is 4.99 Å². The lowest BCUT2D eigenvalue weighted by Crippen LogP contribution is -2.36. The second kappa shape index (κ2) is 10.0. The molecule has 0 radical (unpaired) electrons. The monoisotopic (exact) mass is 361 g/mol. The highest BCUT2D eigenvalue weighted by molar-refractivity contribution is 7.11. The molecular weight excluding hydrogens is 334 g/mol. The molecule has 0 aliphatic heterocycles. The number of guanidine groups is 1. The molecule has 1 heterocycles. The van der Waals surface area contributed by atoms with Crippen LogP contribution in [0.4, 0.5) is 5.69 Å². The Morgan fingerprint density at radius 1 is 1.16 bits per heavy atom. The number of methoxy groups -OCH3 is 1. The molecule has 2 aromatic rings. The van der Waals surface area contributed by atoms with E-state index in [1.165, 1.54) is 10.4 Å². The molecule has 0 unspecified atom stereocenters. The number of aromatic nitrogens is 1. The predicted molar refractivity (Wildman–Crippen MR) is 105 cm³/mol. The van der Waals surface area contributed by atoms with Gasteiger partial charge in [-0.25, -0.2) is 4.98 Å². The zero-order chi connectivity index (χ0) is 18.1. The second-order valence-electron chi connectivity index (χ2n) is 5.65. The van der Waals surface area contributed by atoms with Crippen molar-refractivity contribution in [3.8, 4) is 0 Å². The van der Waals surface area contributed by atoms with E-state index in [2.05, 4.69) is 57.1 Å². The Kier molecular flexibility index (Phi) is 7.69. The summed E-state index contributed by atoms with van der Waals surface area (Å²) in [5.74, 6) is 0.771. The van der Waals surface area contributed by atoms with E-state index in [1.54, 1.807) is 25.5 Å². The number of ether oxygens (including phenoxy) is 1. The maximum Gasteiger partial charge on any atom is 0.191 e. The third-order valence-corrected chi connectivity index (χ3v) is 4.83. The van der Waals surface area contributed by atoms with E-state index >= 15 is 0 Å². The summed E-state index contributed by atoms with van der Waals surface area (Å²) in [6.07, 6.45) is 0. The third-order valence-electron chi connectivity index (χ3n) is 3.75. The minimum absolute atomic E-state index is 0.682. The largest absolute Gasteiger partial charge is 0.383 e. The smallest absolute Gasteiger partial charge is 0.191 e. The molecule has 0 spiro atoms. The number of hydrogen-bond donors (Lipinski definition) is 3. The summed E-state index contributed by atoms with van der Waals surface area (Å²) in [5, 5.41) is 11.0. The highest BCUT2D eigenvalue weighted by atomic mass is 32.1. The van der Waals surface area contributed by atoms with Crippen LogP contribution in [0, 0.1) is 13.8 Å². The summed E-state index contributed by atoms with van der Waals surface area (Å²) < 4.78 is 5.03. The van der Waals surface area contributed by atoms with Crippen molar-refractivity contribution in [1.29, 1.82) is 0 Å². The van der Waals surface area contributed by atoms with Gasteiger partial charge in [0.2, 0.25) is 0 Å². The van der Waals surface area contributed by atoms with Crippen molar-refractivity contribution < 1.29 is 4.74 Å². The molecule has 0 amide bonds. The topological polar surface area (TPSA) is 70.6 Å². The van der Waals surface area contributed by atoms with Gasteiger partial charge in [-0.05, 0) is 31.5 Å². The van der Waals surface area contributed by atoms with Gasteiger partial charge >= 0.3 is 0 Å². The van der Waals surface area contributed by atoms with Crippen LogP contribution in [0.1, 0.15) is 21.1 Å². The zero-order valence-electron chi connectivity index (χ0n) is 15.3. The zero-order valence-corrected chi connectivity index (χ0v) is 16.2. The SMILES string of the molecule is CN=C(NCc1ccc(NCCOC)cc1)NCc1nc(C)c(C)s1. The first kappa shape index (κ1) is 19.2. The number of nitrogens with zero attached hydrogens (tertiary/aromatic N) is 2. The number of aliphatic imine (C=N–C) groups is 1. The minimum atomic E-state index is 0.682. The lowest BCUT2D eigenvalue weighted by Gasteiger charge is -2.11. The van der Waals surface area contributed by atoms with Crippen LogP contribution in [-0.2, 0) is 17.8 Å². The molecule has 0 aliphatic carbocycles. The van der Waals surface area contributed by atoms with Crippen molar-refractivity contribution in [3.05, 3.63) is 45.4 Å². The van der Waals surface area contributed by atoms with E-state index in [0.717, 1.165) is 28.9 Å². The van der Waals surface area contributed by atoms with Crippen LogP contribution in [0.2, 0.25) is 0 Å². The highest BCUT2D eigenvalue weighted by Gasteiger charge is 2.05. The standard InChI is InChI=1S/C18H27N5OS/c1-13-14(2)25-17(23-13)12-22-18(19-3)21-11-15-5-7-16(8-6-15)20-9-10-24-4/h5-8,20H,9-12H2,1-4H3,(H2,19,21,22). The first-order valence-corrected chi connectivity index (χ1v) is 9.13. The number of aryl methyl sites for hydroxylation is 2. The molecule has 7 heteroatoms. The Morgan fingerprint density at radius 2 is 1.88 bits per heavy atom. The van der Waals surface area contributed by atoms with Gasteiger partial charge in [-0.15, -0.1) is 11.3 Å². The van der Waals surface area contributed by atoms with E-state index in [0.29, 0.717) is 19.7 Å². The lowest BCUT2D eigenvalue weighted by atomic mass is 10.2. The molecule has 0 saturated carbocycles. The summed E-state index contributed by atoms with van der Waals surface area (Å²) in [6.45, 7) is 7.03. The summed E-state index contributed by atoms with van der Waals surface area (Å²) >= 11 is 1.72. The first-order chi connectivity index (χ1) is 12.1. The van der Waals surface area contributed by atoms with Crippen LogP contribution >= 0.6 is 11.3 Å². The fraction of sp³-hybridized carbons (Fsp3) is 0.444. The molecular formula is C18H27N5OS. The predicted octanol–water partition coefficient (Wildman–Crippen LogP) is 2.68. The maximum absolute atomic E-state index is 5.03. The molecule has 1 aromatic heterocycles. The van der Waals surface area contributed by atoms with Gasteiger partial charge in [0.25, 0.3) is 0 Å². The Balaban J connectivity index is 1.78. The average Bonchev–Trinajstić information content (AvgIpc) is 2.94. The molecule has 25 heavy (non-hydrogen) atoms. The van der Waals surface area contributed by atoms with E-state index < -0.39 is 0 Å². The van der Waals surface area contributed by atoms with Crippen molar-refractivity contribution in [2.24, 2.45) is 4.99 Å². The average molecular weight is 362 g/mol. The Morgan fingerprint density at radius 3 is 2.48 bits per heavy atom. The van der Waals surface area contributed by atoms with Crippen LogP contribution in [0.3, 0.4) is 0 Å². The van der Waals surface area contributed by atoms with Crippen LogP contribution in [-0.4, -0.2) is 38.3 Å². The van der Waals surface area contributed by atoms with Crippen LogP contribution in [0.25, 0.3) is 0 Å². The Bertz CT molecular complexity index is 662. The van der Waals surface area contributed by atoms with Crippen molar-refractivity contribution in [3.63, 3.8) is 0 Å². The Labute approximate surface area is 153 Å². The molecule has 3 N–H and O–H groups in total. The van der Waals surface area contributed by atoms with Crippen LogP contribution in [0.5, 0.6) is 0 Å². The molecule has 0 saturated heterocycles. The molecule has 0 fully saturated rings. The van der Waals surface area contributed by atoms with Gasteiger partial charge in [0.1, 0.15) is 5.01 Å². The number of anilines is 1. The maximum atomic E-state index is 5.03. The van der Waals surface area contributed by atoms with Gasteiger partial charge in [-0.2, -0.15) is 0 Å². The number of thiazole rings is 1. The third kappa shape index (κ3) is 6.36. The van der Waals surface area contributed by atoms with E-state index in [-0.39, 0.29) is 0 Å². The van der Waals surface area contributed by atoms with Gasteiger partial charge in [-0.1, -0.05) is 12.1 Å². The first-order valence-electron chi connectivity index (χ1n) is 8.31. The summed E-state index contributed by atoms with van der Waals surface area (Å²) in [4.78, 5) is 10.1. The molecule has 0 aliphatic rings. The Hall–Kier alpha value is -2.12. The minimum Gasteiger partial charge on any atom is -0.383 e. The van der Waals surface area contributed by atoms with E-state index in [4.69, 9.17) is 4.74 Å². The summed E-state index contributed by atoms with van der Waals surface area (Å²) in [6, 6.07) is 8.35. The van der Waals surface area contributed by atoms with Crippen molar-refractivity contribution >= 4 is 23.0 Å². The molecule has 2 rings (SSSR count). The number of rotatable bonds is 8. The second-order valence-corrected chi connectivity index (χ2v) is 6.93. The normalized spacial score (nSPS) is 11.4. The van der Waals surface area contributed by atoms with Gasteiger partial charge in [0.15, 0.2) is 5.96 Å². The summed E-state index contributed by atoms with van der Waals surface area (Å²) in [5.41, 5.74) is 3.39. The lowest BCUT2D eigenvalue weighted by molar-refractivity contribution is 0.211. The van der Waals surface area contributed by atoms with Gasteiger partial charge < -0.3 is 20.7 Å². The summed E-state index contributed by atoms with van der Waals surface area (Å²) in [7, 11) is 3.48. The van der Waals surface area contributed by atoms with Gasteiger partial charge in [0.05, 0.1) is 18.8 Å². The number of benzene rings is 1. The fourth-order valence-electron chi connectivity index (χ4n) is 2.22. The van der Waals surface area contributed by atoms with Crippen LogP contribution in [0.15, 0.2) is 29.3 Å². The van der Waals surface area contributed by atoms with Crippen molar-refractivity contribution in [1.82, 2.24) is 15.6 Å². The molecule has 136 valence electrons. The van der Waals surface area contributed by atoms with E-state index in [1.807, 2.05) is 6.92 Å². The molecule has 1 aromatic carbocycles. The fourth-order valence-corrected chi connectivity index (χ4v) is 3.09. The van der Waals surface area contributed by atoms with Crippen molar-refractivity contribution in [2.75, 3.05) is 32.6 Å². The quantitative estimate of drug-likeness (QED) is 0.383. The molecule has 0 bridgehead atoms. The molecule has 0 atom stereocenters. The van der Waals surface area contributed by atoms with Crippen molar-refractivity contribution in [2.45, 2.75) is 26.9 Å². The van der Waals surface area contributed by atoms with Gasteiger partial charge in [0, 0.05) is 37.8 Å². The van der Waals surface area contributed by atoms with E-state index in [9.17, 15) is 0 Å². The van der Waals surface area contributed by atoms with Crippen LogP contribution < -0.4 is 16.0 Å². The number of nitrogens with one attached hydrogen (secondary N) is 3. The number of hydrogen-bond acceptors (Lipinski definition) is 5. The molecule has 6 nitrogen and oxygen atoms in total. The highest BCUT2D eigenvalue weighted by Crippen LogP contribution is 2.15.